The lowest BCUT2D eigenvalue weighted by Gasteiger charge is -2.36. The molecule has 6 nitrogen and oxygen atoms in total. The van der Waals surface area contributed by atoms with E-state index >= 15 is 0 Å². The van der Waals surface area contributed by atoms with Gasteiger partial charge in [0.15, 0.2) is 0 Å². The van der Waals surface area contributed by atoms with E-state index in [4.69, 9.17) is 0 Å². The minimum atomic E-state index is 0.140. The summed E-state index contributed by atoms with van der Waals surface area (Å²) >= 11 is 1.50. The Hall–Kier alpha value is -2.41. The topological polar surface area (TPSA) is 56.8 Å². The molecule has 2 aromatic rings. The van der Waals surface area contributed by atoms with Crippen molar-refractivity contribution < 1.29 is 9.59 Å². The fraction of sp³-hybridized carbons (Fsp3) is 0.500. The molecular weight excluding hydrogens is 384 g/mol. The maximum Gasteiger partial charge on any atom is 0.263 e. The number of nitrogens with zero attached hydrogens (tertiary/aromatic N) is 4. The lowest BCUT2D eigenvalue weighted by atomic mass is 9.93. The van der Waals surface area contributed by atoms with E-state index in [-0.39, 0.29) is 11.8 Å². The second-order valence-electron chi connectivity index (χ2n) is 7.83. The summed E-state index contributed by atoms with van der Waals surface area (Å²) in [4.78, 5) is 36.7. The van der Waals surface area contributed by atoms with Gasteiger partial charge >= 0.3 is 0 Å². The van der Waals surface area contributed by atoms with E-state index in [1.165, 1.54) is 11.3 Å². The number of carbonyl (C=O) groups is 2. The van der Waals surface area contributed by atoms with Crippen LogP contribution in [-0.4, -0.2) is 65.9 Å². The number of piperidine rings is 1. The van der Waals surface area contributed by atoms with Gasteiger partial charge in [0.25, 0.3) is 5.91 Å². The molecule has 29 heavy (non-hydrogen) atoms. The second kappa shape index (κ2) is 9.39. The Labute approximate surface area is 176 Å². The standard InChI is InChI=1S/C22H28N4O2S/c27-21(25-14-12-24(13-15-25)20-7-1-2-10-23-20)9-8-18-5-3-11-26(17-18)22(28)19-6-4-16-29-19/h1-2,4,6-7,10,16,18H,3,5,8-9,11-15,17H2/t18-/m1/s1. The van der Waals surface area contributed by atoms with Crippen molar-refractivity contribution in [1.82, 2.24) is 14.8 Å². The lowest BCUT2D eigenvalue weighted by molar-refractivity contribution is -0.131. The number of rotatable bonds is 5. The van der Waals surface area contributed by atoms with Crippen molar-refractivity contribution in [3.8, 4) is 0 Å². The van der Waals surface area contributed by atoms with Gasteiger partial charge in [0.2, 0.25) is 5.91 Å². The normalized spacial score (nSPS) is 20.0. The number of hydrogen-bond acceptors (Lipinski definition) is 5. The number of anilines is 1. The zero-order valence-electron chi connectivity index (χ0n) is 16.7. The predicted octanol–water partition coefficient (Wildman–Crippen LogP) is 3.12. The number of likely N-dealkylation sites (tertiary alicyclic amines) is 1. The van der Waals surface area contributed by atoms with Gasteiger partial charge in [0.1, 0.15) is 5.82 Å². The van der Waals surface area contributed by atoms with Crippen LogP contribution in [0.5, 0.6) is 0 Å². The number of pyridine rings is 1. The highest BCUT2D eigenvalue weighted by molar-refractivity contribution is 7.12. The number of piperazine rings is 1. The Morgan fingerprint density at radius 1 is 1.03 bits per heavy atom. The molecule has 2 saturated heterocycles. The van der Waals surface area contributed by atoms with Crippen molar-refractivity contribution >= 4 is 29.0 Å². The van der Waals surface area contributed by atoms with E-state index in [2.05, 4.69) is 9.88 Å². The largest absolute Gasteiger partial charge is 0.353 e. The minimum absolute atomic E-state index is 0.140. The van der Waals surface area contributed by atoms with E-state index in [9.17, 15) is 9.59 Å². The first kappa shape index (κ1) is 19.9. The van der Waals surface area contributed by atoms with Crippen LogP contribution in [0.15, 0.2) is 41.9 Å². The molecule has 2 aliphatic rings. The van der Waals surface area contributed by atoms with Crippen molar-refractivity contribution in [3.63, 3.8) is 0 Å². The molecule has 0 aliphatic carbocycles. The molecule has 2 amide bonds. The van der Waals surface area contributed by atoms with Gasteiger partial charge in [0.05, 0.1) is 4.88 Å². The van der Waals surface area contributed by atoms with Crippen molar-refractivity contribution in [2.24, 2.45) is 5.92 Å². The summed E-state index contributed by atoms with van der Waals surface area (Å²) in [5, 5.41) is 1.95. The molecule has 7 heteroatoms. The summed E-state index contributed by atoms with van der Waals surface area (Å²) in [5.41, 5.74) is 0. The summed E-state index contributed by atoms with van der Waals surface area (Å²) in [6.07, 6.45) is 5.39. The molecule has 0 unspecified atom stereocenters. The fourth-order valence-corrected chi connectivity index (χ4v) is 4.94. The molecule has 0 radical (unpaired) electrons. The monoisotopic (exact) mass is 412 g/mol. The van der Waals surface area contributed by atoms with Crippen LogP contribution in [0.2, 0.25) is 0 Å². The lowest BCUT2D eigenvalue weighted by Crippen LogP contribution is -2.49. The summed E-state index contributed by atoms with van der Waals surface area (Å²) in [5.74, 6) is 1.79. The molecule has 0 saturated carbocycles. The zero-order valence-corrected chi connectivity index (χ0v) is 17.5. The van der Waals surface area contributed by atoms with Crippen molar-refractivity contribution in [2.45, 2.75) is 25.7 Å². The molecular formula is C22H28N4O2S. The molecule has 4 heterocycles. The molecule has 154 valence electrons. The number of hydrogen-bond donors (Lipinski definition) is 0. The second-order valence-corrected chi connectivity index (χ2v) is 8.78. The van der Waals surface area contributed by atoms with Crippen LogP contribution in [0.3, 0.4) is 0 Å². The summed E-state index contributed by atoms with van der Waals surface area (Å²) < 4.78 is 0. The van der Waals surface area contributed by atoms with Crippen molar-refractivity contribution in [1.29, 1.82) is 0 Å². The van der Waals surface area contributed by atoms with Crippen LogP contribution in [0, 0.1) is 5.92 Å². The van der Waals surface area contributed by atoms with Crippen molar-refractivity contribution in [2.75, 3.05) is 44.2 Å². The quantitative estimate of drug-likeness (QED) is 0.757. The maximum absolute atomic E-state index is 12.7. The molecule has 1 atom stereocenters. The average Bonchev–Trinajstić information content (AvgIpc) is 3.33. The first-order chi connectivity index (χ1) is 14.2. The Morgan fingerprint density at radius 3 is 2.62 bits per heavy atom. The Kier molecular flexibility index (Phi) is 6.44. The Morgan fingerprint density at radius 2 is 1.90 bits per heavy atom. The van der Waals surface area contributed by atoms with E-state index in [0.29, 0.717) is 12.3 Å². The maximum atomic E-state index is 12.7. The molecule has 2 aliphatic heterocycles. The highest BCUT2D eigenvalue weighted by atomic mass is 32.1. The van der Waals surface area contributed by atoms with Crippen LogP contribution in [0.1, 0.15) is 35.4 Å². The van der Waals surface area contributed by atoms with Crippen LogP contribution < -0.4 is 4.90 Å². The third-order valence-corrected chi connectivity index (χ3v) is 6.77. The average molecular weight is 413 g/mol. The molecule has 2 fully saturated rings. The molecule has 4 rings (SSSR count). The van der Waals surface area contributed by atoms with Gasteiger partial charge in [-0.2, -0.15) is 0 Å². The van der Waals surface area contributed by atoms with Gasteiger partial charge < -0.3 is 14.7 Å². The smallest absolute Gasteiger partial charge is 0.263 e. The number of carbonyl (C=O) groups excluding carboxylic acids is 2. The van der Waals surface area contributed by atoms with Gasteiger partial charge in [-0.25, -0.2) is 4.98 Å². The Bertz CT molecular complexity index is 803. The van der Waals surface area contributed by atoms with Crippen LogP contribution in [-0.2, 0) is 4.79 Å². The Balaban J connectivity index is 1.22. The van der Waals surface area contributed by atoms with E-state index < -0.39 is 0 Å². The molecule has 2 aromatic heterocycles. The highest BCUT2D eigenvalue weighted by Crippen LogP contribution is 2.24. The number of amides is 2. The van der Waals surface area contributed by atoms with Gasteiger partial charge in [-0.15, -0.1) is 11.3 Å². The van der Waals surface area contributed by atoms with Crippen LogP contribution in [0.4, 0.5) is 5.82 Å². The predicted molar refractivity (Wildman–Crippen MR) is 115 cm³/mol. The number of thiophene rings is 1. The summed E-state index contributed by atoms with van der Waals surface area (Å²) in [6.45, 7) is 4.77. The molecule has 0 bridgehead atoms. The third-order valence-electron chi connectivity index (χ3n) is 5.91. The summed E-state index contributed by atoms with van der Waals surface area (Å²) in [6, 6.07) is 9.75. The van der Waals surface area contributed by atoms with Gasteiger partial charge in [0, 0.05) is 51.9 Å². The third kappa shape index (κ3) is 4.96. The van der Waals surface area contributed by atoms with Gasteiger partial charge in [-0.3, -0.25) is 9.59 Å². The SMILES string of the molecule is O=C(CC[C@H]1CCCN(C(=O)c2cccs2)C1)N1CCN(c2ccccn2)CC1. The van der Waals surface area contributed by atoms with Gasteiger partial charge in [-0.05, 0) is 48.8 Å². The van der Waals surface area contributed by atoms with Gasteiger partial charge in [-0.1, -0.05) is 12.1 Å². The molecule has 0 spiro atoms. The van der Waals surface area contributed by atoms with Crippen molar-refractivity contribution in [3.05, 3.63) is 46.8 Å². The van der Waals surface area contributed by atoms with Crippen LogP contribution in [0.25, 0.3) is 0 Å². The van der Waals surface area contributed by atoms with E-state index in [0.717, 1.165) is 69.2 Å². The van der Waals surface area contributed by atoms with E-state index in [1.807, 2.05) is 51.7 Å². The highest BCUT2D eigenvalue weighted by Gasteiger charge is 2.27. The molecule has 0 N–H and O–H groups in total. The zero-order chi connectivity index (χ0) is 20.1. The minimum Gasteiger partial charge on any atom is -0.353 e. The fourth-order valence-electron chi connectivity index (χ4n) is 4.25. The van der Waals surface area contributed by atoms with Crippen LogP contribution >= 0.6 is 11.3 Å². The van der Waals surface area contributed by atoms with E-state index in [1.54, 1.807) is 0 Å². The first-order valence-corrected chi connectivity index (χ1v) is 11.4. The number of aromatic nitrogens is 1. The molecule has 0 aromatic carbocycles. The summed E-state index contributed by atoms with van der Waals surface area (Å²) in [7, 11) is 0. The first-order valence-electron chi connectivity index (χ1n) is 10.5.